The van der Waals surface area contributed by atoms with Crippen LogP contribution in [0.2, 0.25) is 0 Å². The van der Waals surface area contributed by atoms with E-state index in [2.05, 4.69) is 36.6 Å². The van der Waals surface area contributed by atoms with E-state index < -0.39 is 0 Å². The van der Waals surface area contributed by atoms with E-state index in [0.29, 0.717) is 12.1 Å². The number of amides is 1. The van der Waals surface area contributed by atoms with E-state index in [1.165, 1.54) is 5.52 Å². The molecule has 0 fully saturated rings. The van der Waals surface area contributed by atoms with Crippen LogP contribution in [-0.4, -0.2) is 42.1 Å². The first-order valence-corrected chi connectivity index (χ1v) is 9.79. The number of benzene rings is 2. The molecule has 29 heavy (non-hydrogen) atoms. The lowest BCUT2D eigenvalue weighted by molar-refractivity contribution is 0.0963. The molecule has 1 aromatic heterocycles. The third kappa shape index (κ3) is 5.13. The highest BCUT2D eigenvalue weighted by atomic mass is 16.1. The van der Waals surface area contributed by atoms with Crippen molar-refractivity contribution >= 4 is 22.9 Å². The number of rotatable bonds is 7. The molecule has 0 aliphatic carbocycles. The number of guanidine groups is 1. The van der Waals surface area contributed by atoms with Gasteiger partial charge in [-0.1, -0.05) is 24.3 Å². The SMILES string of the molecule is CN=C(NCCCn1c(C)nc2ccccc21)NCc1cccc(C(=O)NC)c1. The van der Waals surface area contributed by atoms with Crippen molar-refractivity contribution in [2.75, 3.05) is 20.6 Å². The molecular formula is C22H28N6O. The third-order valence-electron chi connectivity index (χ3n) is 4.80. The fourth-order valence-corrected chi connectivity index (χ4v) is 3.30. The number of aromatic nitrogens is 2. The molecule has 0 aliphatic heterocycles. The summed E-state index contributed by atoms with van der Waals surface area (Å²) in [6.45, 7) is 4.32. The number of fused-ring (bicyclic) bond motifs is 1. The van der Waals surface area contributed by atoms with Gasteiger partial charge in [-0.15, -0.1) is 0 Å². The van der Waals surface area contributed by atoms with E-state index in [9.17, 15) is 4.79 Å². The molecule has 0 atom stereocenters. The minimum absolute atomic E-state index is 0.0864. The first-order chi connectivity index (χ1) is 14.1. The Morgan fingerprint density at radius 3 is 2.76 bits per heavy atom. The number of carbonyl (C=O) groups excluding carboxylic acids is 1. The fraction of sp³-hybridized carbons (Fsp3) is 0.318. The summed E-state index contributed by atoms with van der Waals surface area (Å²) in [5.41, 5.74) is 3.88. The Morgan fingerprint density at radius 2 is 1.97 bits per heavy atom. The van der Waals surface area contributed by atoms with Crippen molar-refractivity contribution in [3.05, 3.63) is 65.5 Å². The van der Waals surface area contributed by atoms with Crippen molar-refractivity contribution in [3.63, 3.8) is 0 Å². The molecule has 1 heterocycles. The van der Waals surface area contributed by atoms with Crippen LogP contribution in [0.5, 0.6) is 0 Å². The lowest BCUT2D eigenvalue weighted by atomic mass is 10.1. The molecule has 0 saturated heterocycles. The van der Waals surface area contributed by atoms with E-state index in [0.717, 1.165) is 42.4 Å². The van der Waals surface area contributed by atoms with Gasteiger partial charge in [0.1, 0.15) is 5.82 Å². The van der Waals surface area contributed by atoms with Gasteiger partial charge in [-0.05, 0) is 43.2 Å². The molecule has 0 spiro atoms. The monoisotopic (exact) mass is 392 g/mol. The van der Waals surface area contributed by atoms with E-state index in [1.807, 2.05) is 43.3 Å². The number of para-hydroxylation sites is 2. The highest BCUT2D eigenvalue weighted by Crippen LogP contribution is 2.15. The summed E-state index contributed by atoms with van der Waals surface area (Å²) in [7, 11) is 3.39. The van der Waals surface area contributed by atoms with Crippen LogP contribution < -0.4 is 16.0 Å². The maximum Gasteiger partial charge on any atom is 0.251 e. The number of aliphatic imine (C=N–C) groups is 1. The Bertz CT molecular complexity index is 1010. The predicted octanol–water partition coefficient (Wildman–Crippen LogP) is 2.46. The second-order valence-electron chi connectivity index (χ2n) is 6.78. The molecule has 3 aromatic rings. The maximum atomic E-state index is 11.8. The summed E-state index contributed by atoms with van der Waals surface area (Å²) in [4.78, 5) is 20.6. The molecule has 0 aliphatic rings. The number of nitrogens with one attached hydrogen (secondary N) is 3. The second kappa shape index (κ2) is 9.73. The highest BCUT2D eigenvalue weighted by molar-refractivity contribution is 5.94. The van der Waals surface area contributed by atoms with Crippen molar-refractivity contribution in [1.29, 1.82) is 0 Å². The number of imidazole rings is 1. The maximum absolute atomic E-state index is 11.8. The first kappa shape index (κ1) is 20.4. The summed E-state index contributed by atoms with van der Waals surface area (Å²) >= 11 is 0. The zero-order valence-electron chi connectivity index (χ0n) is 17.2. The summed E-state index contributed by atoms with van der Waals surface area (Å²) in [5, 5.41) is 9.28. The molecule has 0 unspecified atom stereocenters. The molecule has 152 valence electrons. The van der Waals surface area contributed by atoms with Gasteiger partial charge in [0.2, 0.25) is 0 Å². The van der Waals surface area contributed by atoms with Crippen LogP contribution in [0.1, 0.15) is 28.2 Å². The Labute approximate surface area is 171 Å². The molecule has 7 heteroatoms. The van der Waals surface area contributed by atoms with Crippen LogP contribution in [0.3, 0.4) is 0 Å². The average molecular weight is 393 g/mol. The van der Waals surface area contributed by atoms with Crippen LogP contribution in [0.25, 0.3) is 11.0 Å². The van der Waals surface area contributed by atoms with Crippen molar-refractivity contribution in [1.82, 2.24) is 25.5 Å². The molecule has 0 saturated carbocycles. The zero-order valence-corrected chi connectivity index (χ0v) is 17.2. The highest BCUT2D eigenvalue weighted by Gasteiger charge is 2.07. The van der Waals surface area contributed by atoms with Gasteiger partial charge in [-0.2, -0.15) is 0 Å². The van der Waals surface area contributed by atoms with Crippen LogP contribution in [-0.2, 0) is 13.1 Å². The van der Waals surface area contributed by atoms with E-state index in [1.54, 1.807) is 20.2 Å². The third-order valence-corrected chi connectivity index (χ3v) is 4.80. The predicted molar refractivity (Wildman–Crippen MR) is 117 cm³/mol. The van der Waals surface area contributed by atoms with Gasteiger partial charge in [0, 0.05) is 39.3 Å². The number of carbonyl (C=O) groups is 1. The number of hydrogen-bond donors (Lipinski definition) is 3. The Hall–Kier alpha value is -3.35. The molecule has 3 N–H and O–H groups in total. The summed E-state index contributed by atoms with van der Waals surface area (Å²) in [6, 6.07) is 15.8. The number of aryl methyl sites for hydroxylation is 2. The number of hydrogen-bond acceptors (Lipinski definition) is 3. The van der Waals surface area contributed by atoms with E-state index in [4.69, 9.17) is 0 Å². The van der Waals surface area contributed by atoms with Gasteiger partial charge in [-0.3, -0.25) is 9.79 Å². The largest absolute Gasteiger partial charge is 0.356 e. The summed E-state index contributed by atoms with van der Waals surface area (Å²) in [6.07, 6.45) is 0.952. The molecular weight excluding hydrogens is 364 g/mol. The molecule has 3 rings (SSSR count). The van der Waals surface area contributed by atoms with Crippen LogP contribution >= 0.6 is 0 Å². The Balaban J connectivity index is 1.48. The fourth-order valence-electron chi connectivity index (χ4n) is 3.30. The van der Waals surface area contributed by atoms with Crippen molar-refractivity contribution < 1.29 is 4.79 Å². The molecule has 1 amide bonds. The quantitative estimate of drug-likeness (QED) is 0.328. The minimum atomic E-state index is -0.0864. The van der Waals surface area contributed by atoms with Crippen molar-refractivity contribution in [3.8, 4) is 0 Å². The Kier molecular flexibility index (Phi) is 6.84. The second-order valence-corrected chi connectivity index (χ2v) is 6.78. The normalized spacial score (nSPS) is 11.5. The summed E-state index contributed by atoms with van der Waals surface area (Å²) < 4.78 is 2.25. The van der Waals surface area contributed by atoms with Gasteiger partial charge in [-0.25, -0.2) is 4.98 Å². The van der Waals surface area contributed by atoms with Crippen LogP contribution in [0.4, 0.5) is 0 Å². The first-order valence-electron chi connectivity index (χ1n) is 9.79. The summed E-state index contributed by atoms with van der Waals surface area (Å²) in [5.74, 6) is 1.68. The Morgan fingerprint density at radius 1 is 1.14 bits per heavy atom. The van der Waals surface area contributed by atoms with Crippen molar-refractivity contribution in [2.45, 2.75) is 26.4 Å². The van der Waals surface area contributed by atoms with Gasteiger partial charge >= 0.3 is 0 Å². The molecule has 7 nitrogen and oxygen atoms in total. The lowest BCUT2D eigenvalue weighted by Crippen LogP contribution is -2.37. The minimum Gasteiger partial charge on any atom is -0.356 e. The smallest absolute Gasteiger partial charge is 0.251 e. The van der Waals surface area contributed by atoms with E-state index >= 15 is 0 Å². The molecule has 0 radical (unpaired) electrons. The van der Waals surface area contributed by atoms with Gasteiger partial charge in [0.15, 0.2) is 5.96 Å². The average Bonchev–Trinajstić information content (AvgIpc) is 3.07. The number of nitrogens with zero attached hydrogens (tertiary/aromatic N) is 3. The van der Waals surface area contributed by atoms with Crippen LogP contribution in [0, 0.1) is 6.92 Å². The van der Waals surface area contributed by atoms with Crippen molar-refractivity contribution in [2.24, 2.45) is 4.99 Å². The zero-order chi connectivity index (χ0) is 20.6. The van der Waals surface area contributed by atoms with Gasteiger partial charge < -0.3 is 20.5 Å². The topological polar surface area (TPSA) is 83.3 Å². The standard InChI is InChI=1S/C22H28N6O/c1-16-27-19-10-4-5-11-20(19)28(16)13-7-12-25-22(24-3)26-15-17-8-6-9-18(14-17)21(29)23-2/h4-6,8-11,14H,7,12-13,15H2,1-3H3,(H,23,29)(H2,24,25,26). The van der Waals surface area contributed by atoms with Crippen LogP contribution in [0.15, 0.2) is 53.5 Å². The lowest BCUT2D eigenvalue weighted by Gasteiger charge is -2.13. The van der Waals surface area contributed by atoms with Gasteiger partial charge in [0.05, 0.1) is 11.0 Å². The molecule has 2 aromatic carbocycles. The van der Waals surface area contributed by atoms with E-state index in [-0.39, 0.29) is 5.91 Å². The van der Waals surface area contributed by atoms with Gasteiger partial charge in [0.25, 0.3) is 5.91 Å². The molecule has 0 bridgehead atoms.